The van der Waals surface area contributed by atoms with E-state index in [-0.39, 0.29) is 11.8 Å². The van der Waals surface area contributed by atoms with Gasteiger partial charge in [0.2, 0.25) is 0 Å². The molecule has 0 bridgehead atoms. The second-order valence-electron chi connectivity index (χ2n) is 4.09. The molecule has 0 aliphatic carbocycles. The first-order valence-electron chi connectivity index (χ1n) is 5.60. The Balaban J connectivity index is 2.33. The van der Waals surface area contributed by atoms with Crippen LogP contribution in [-0.4, -0.2) is 22.9 Å². The van der Waals surface area contributed by atoms with Crippen molar-refractivity contribution in [3.63, 3.8) is 0 Å². The summed E-state index contributed by atoms with van der Waals surface area (Å²) in [5.74, 6) is -1.10. The van der Waals surface area contributed by atoms with E-state index in [0.717, 1.165) is 0 Å². The zero-order chi connectivity index (χ0) is 14.0. The summed E-state index contributed by atoms with van der Waals surface area (Å²) >= 11 is 3.23. The number of halogens is 2. The van der Waals surface area contributed by atoms with E-state index in [4.69, 9.17) is 0 Å². The predicted octanol–water partition coefficient (Wildman–Crippen LogP) is 3.05. The number of carbonyl (C=O) groups is 1. The lowest BCUT2D eigenvalue weighted by Crippen LogP contribution is -2.10. The highest BCUT2D eigenvalue weighted by molar-refractivity contribution is 9.10. The van der Waals surface area contributed by atoms with Gasteiger partial charge in [0.15, 0.2) is 0 Å². The number of hydrogen-bond acceptors (Lipinski definition) is 3. The van der Waals surface area contributed by atoms with Crippen LogP contribution in [-0.2, 0) is 9.53 Å². The quantitative estimate of drug-likeness (QED) is 0.814. The Labute approximate surface area is 118 Å². The zero-order valence-corrected chi connectivity index (χ0v) is 12.0. The van der Waals surface area contributed by atoms with Crippen molar-refractivity contribution in [3.8, 4) is 5.69 Å². The Morgan fingerprint density at radius 1 is 1.47 bits per heavy atom. The number of rotatable bonds is 3. The van der Waals surface area contributed by atoms with Crippen LogP contribution < -0.4 is 0 Å². The number of methoxy groups -OCH3 is 1. The van der Waals surface area contributed by atoms with E-state index in [1.807, 2.05) is 0 Å². The maximum atomic E-state index is 13.3. The summed E-state index contributed by atoms with van der Waals surface area (Å²) < 4.78 is 20.1. The van der Waals surface area contributed by atoms with Crippen molar-refractivity contribution < 1.29 is 13.9 Å². The molecule has 0 saturated carbocycles. The zero-order valence-electron chi connectivity index (χ0n) is 10.4. The molecule has 1 heterocycles. The molecule has 1 aromatic heterocycles. The Morgan fingerprint density at radius 2 is 2.21 bits per heavy atom. The normalized spacial score (nSPS) is 12.2. The molecule has 4 nitrogen and oxygen atoms in total. The molecule has 0 spiro atoms. The molecular formula is C13H12BrFN2O2. The van der Waals surface area contributed by atoms with E-state index < -0.39 is 5.92 Å². The molecule has 2 aromatic rings. The van der Waals surface area contributed by atoms with Crippen LogP contribution in [0.2, 0.25) is 0 Å². The number of ether oxygens (including phenoxy) is 1. The first-order valence-corrected chi connectivity index (χ1v) is 6.39. The van der Waals surface area contributed by atoms with E-state index in [1.165, 1.54) is 23.9 Å². The number of hydrogen-bond donors (Lipinski definition) is 0. The third kappa shape index (κ3) is 3.01. The average molecular weight is 327 g/mol. The van der Waals surface area contributed by atoms with Gasteiger partial charge in [0.1, 0.15) is 5.82 Å². The van der Waals surface area contributed by atoms with Gasteiger partial charge in [0.05, 0.1) is 24.9 Å². The van der Waals surface area contributed by atoms with Crippen molar-refractivity contribution in [1.29, 1.82) is 0 Å². The van der Waals surface area contributed by atoms with Crippen LogP contribution in [0, 0.1) is 5.82 Å². The standard InChI is InChI=1S/C13H12BrFN2O2/c1-8(13(18)19-2)9-6-16-17(7-9)12-4-10(14)3-11(15)5-12/h3-8H,1-2H3. The van der Waals surface area contributed by atoms with E-state index >= 15 is 0 Å². The van der Waals surface area contributed by atoms with Crippen LogP contribution in [0.1, 0.15) is 18.4 Å². The molecular weight excluding hydrogens is 315 g/mol. The molecule has 19 heavy (non-hydrogen) atoms. The van der Waals surface area contributed by atoms with Gasteiger partial charge in [0, 0.05) is 16.2 Å². The van der Waals surface area contributed by atoms with Gasteiger partial charge in [-0.15, -0.1) is 0 Å². The van der Waals surface area contributed by atoms with Crippen molar-refractivity contribution in [2.75, 3.05) is 7.11 Å². The summed E-state index contributed by atoms with van der Waals surface area (Å²) in [5.41, 5.74) is 1.29. The molecule has 0 amide bonds. The maximum Gasteiger partial charge on any atom is 0.312 e. The van der Waals surface area contributed by atoms with Gasteiger partial charge in [0.25, 0.3) is 0 Å². The Hall–Kier alpha value is -1.69. The number of carbonyl (C=O) groups excluding carboxylic acids is 1. The monoisotopic (exact) mass is 326 g/mol. The molecule has 1 unspecified atom stereocenters. The van der Waals surface area contributed by atoms with Gasteiger partial charge >= 0.3 is 5.97 Å². The highest BCUT2D eigenvalue weighted by atomic mass is 79.9. The summed E-state index contributed by atoms with van der Waals surface area (Å²) in [4.78, 5) is 11.4. The number of benzene rings is 1. The van der Waals surface area contributed by atoms with E-state index in [1.54, 1.807) is 25.4 Å². The maximum absolute atomic E-state index is 13.3. The molecule has 6 heteroatoms. The first-order chi connectivity index (χ1) is 9.01. The summed E-state index contributed by atoms with van der Waals surface area (Å²) in [5, 5.41) is 4.13. The molecule has 0 saturated heterocycles. The van der Waals surface area contributed by atoms with Crippen LogP contribution >= 0.6 is 15.9 Å². The molecule has 0 N–H and O–H groups in total. The molecule has 0 aliphatic heterocycles. The number of nitrogens with zero attached hydrogens (tertiary/aromatic N) is 2. The number of aromatic nitrogens is 2. The topological polar surface area (TPSA) is 44.1 Å². The van der Waals surface area contributed by atoms with Crippen LogP contribution in [0.5, 0.6) is 0 Å². The summed E-state index contributed by atoms with van der Waals surface area (Å²) in [6, 6.07) is 4.47. The second kappa shape index (κ2) is 5.52. The average Bonchev–Trinajstić information content (AvgIpc) is 2.85. The third-order valence-electron chi connectivity index (χ3n) is 2.77. The fourth-order valence-electron chi connectivity index (χ4n) is 1.69. The summed E-state index contributed by atoms with van der Waals surface area (Å²) in [6.07, 6.45) is 3.25. The highest BCUT2D eigenvalue weighted by Crippen LogP contribution is 2.21. The largest absolute Gasteiger partial charge is 0.469 e. The highest BCUT2D eigenvalue weighted by Gasteiger charge is 2.17. The molecule has 0 aliphatic rings. The van der Waals surface area contributed by atoms with Gasteiger partial charge in [-0.25, -0.2) is 9.07 Å². The minimum atomic E-state index is -0.407. The van der Waals surface area contributed by atoms with Gasteiger partial charge in [-0.3, -0.25) is 4.79 Å². The third-order valence-corrected chi connectivity index (χ3v) is 3.23. The first kappa shape index (κ1) is 13.7. The van der Waals surface area contributed by atoms with Crippen LogP contribution in [0.15, 0.2) is 35.1 Å². The van der Waals surface area contributed by atoms with Crippen molar-refractivity contribution >= 4 is 21.9 Å². The predicted molar refractivity (Wildman–Crippen MR) is 71.7 cm³/mol. The summed E-state index contributed by atoms with van der Waals surface area (Å²) in [6.45, 7) is 1.73. The summed E-state index contributed by atoms with van der Waals surface area (Å²) in [7, 11) is 1.34. The number of esters is 1. The minimum Gasteiger partial charge on any atom is -0.469 e. The smallest absolute Gasteiger partial charge is 0.312 e. The van der Waals surface area contributed by atoms with Crippen LogP contribution in [0.4, 0.5) is 4.39 Å². The fourth-order valence-corrected chi connectivity index (χ4v) is 2.14. The van der Waals surface area contributed by atoms with E-state index in [2.05, 4.69) is 25.8 Å². The fraction of sp³-hybridized carbons (Fsp3) is 0.231. The minimum absolute atomic E-state index is 0.333. The van der Waals surface area contributed by atoms with Gasteiger partial charge in [-0.1, -0.05) is 15.9 Å². The molecule has 2 rings (SSSR count). The van der Waals surface area contributed by atoms with Crippen molar-refractivity contribution in [1.82, 2.24) is 9.78 Å². The second-order valence-corrected chi connectivity index (χ2v) is 5.01. The van der Waals surface area contributed by atoms with Crippen molar-refractivity contribution in [3.05, 3.63) is 46.4 Å². The van der Waals surface area contributed by atoms with Crippen molar-refractivity contribution in [2.24, 2.45) is 0 Å². The Bertz CT molecular complexity index is 592. The van der Waals surface area contributed by atoms with Gasteiger partial charge in [-0.05, 0) is 25.1 Å². The lowest BCUT2D eigenvalue weighted by atomic mass is 10.1. The Morgan fingerprint density at radius 3 is 2.84 bits per heavy atom. The lowest BCUT2D eigenvalue weighted by Gasteiger charge is -2.06. The lowest BCUT2D eigenvalue weighted by molar-refractivity contribution is -0.141. The van der Waals surface area contributed by atoms with E-state index in [9.17, 15) is 9.18 Å². The van der Waals surface area contributed by atoms with Crippen LogP contribution in [0.3, 0.4) is 0 Å². The SMILES string of the molecule is COC(=O)C(C)c1cnn(-c2cc(F)cc(Br)c2)c1. The molecule has 1 aromatic carbocycles. The van der Waals surface area contributed by atoms with Crippen molar-refractivity contribution in [2.45, 2.75) is 12.8 Å². The van der Waals surface area contributed by atoms with E-state index in [0.29, 0.717) is 15.7 Å². The molecule has 0 radical (unpaired) electrons. The van der Waals surface area contributed by atoms with Gasteiger partial charge in [-0.2, -0.15) is 5.10 Å². The molecule has 1 atom stereocenters. The van der Waals surface area contributed by atoms with Gasteiger partial charge < -0.3 is 4.74 Å². The van der Waals surface area contributed by atoms with Crippen LogP contribution in [0.25, 0.3) is 5.69 Å². The Kier molecular flexibility index (Phi) is 3.99. The molecule has 100 valence electrons. The molecule has 0 fully saturated rings.